The number of carbonyl (C=O) groups excluding carboxylic acids is 1. The van der Waals surface area contributed by atoms with Gasteiger partial charge in [-0.15, -0.1) is 10.2 Å². The van der Waals surface area contributed by atoms with E-state index in [9.17, 15) is 4.79 Å². The molecule has 0 unspecified atom stereocenters. The largest absolute Gasteiger partial charge is 0.416 e. The maximum Gasteiger partial charge on any atom is 0.277 e. The van der Waals surface area contributed by atoms with Gasteiger partial charge in [0, 0.05) is 20.0 Å². The van der Waals surface area contributed by atoms with E-state index in [0.29, 0.717) is 35.9 Å². The first kappa shape index (κ1) is 14.1. The van der Waals surface area contributed by atoms with Crippen LogP contribution in [0.25, 0.3) is 0 Å². The van der Waals surface area contributed by atoms with Gasteiger partial charge in [0.15, 0.2) is 5.82 Å². The summed E-state index contributed by atoms with van der Waals surface area (Å²) in [5.41, 5.74) is 0. The molecule has 0 spiro atoms. The monoisotopic (exact) mass is 309 g/mol. The number of carbonyl (C=O) groups is 1. The van der Waals surface area contributed by atoms with Crippen LogP contribution in [0.4, 0.5) is 0 Å². The fraction of sp³-hybridized carbons (Fsp3) is 0.583. The normalized spacial score (nSPS) is 18.4. The molecule has 9 heteroatoms. The summed E-state index contributed by atoms with van der Waals surface area (Å²) in [6.07, 6.45) is 0.845. The molecule has 0 saturated carbocycles. The first-order valence-electron chi connectivity index (χ1n) is 6.62. The average molecular weight is 309 g/mol. The summed E-state index contributed by atoms with van der Waals surface area (Å²) in [6, 6.07) is 0. The van der Waals surface area contributed by atoms with Crippen LogP contribution in [-0.4, -0.2) is 50.0 Å². The molecule has 1 saturated heterocycles. The second-order valence-corrected chi connectivity index (χ2v) is 5.81. The van der Waals surface area contributed by atoms with E-state index in [4.69, 9.17) is 8.94 Å². The Balaban J connectivity index is 1.52. The summed E-state index contributed by atoms with van der Waals surface area (Å²) in [7, 11) is 0. The van der Waals surface area contributed by atoms with Gasteiger partial charge in [-0.25, -0.2) is 0 Å². The van der Waals surface area contributed by atoms with Crippen LogP contribution in [0, 0.1) is 13.8 Å². The van der Waals surface area contributed by atoms with E-state index in [1.165, 1.54) is 11.8 Å². The second kappa shape index (κ2) is 5.84. The van der Waals surface area contributed by atoms with E-state index >= 15 is 0 Å². The van der Waals surface area contributed by atoms with Crippen LogP contribution in [0.3, 0.4) is 0 Å². The zero-order chi connectivity index (χ0) is 14.8. The highest BCUT2D eigenvalue weighted by atomic mass is 32.2. The average Bonchev–Trinajstić information content (AvgIpc) is 3.16. The van der Waals surface area contributed by atoms with Crippen molar-refractivity contribution in [3.05, 3.63) is 17.6 Å². The van der Waals surface area contributed by atoms with Gasteiger partial charge in [-0.3, -0.25) is 4.79 Å². The summed E-state index contributed by atoms with van der Waals surface area (Å²) < 4.78 is 10.4. The molecule has 3 heterocycles. The van der Waals surface area contributed by atoms with Gasteiger partial charge in [0.25, 0.3) is 5.22 Å². The highest BCUT2D eigenvalue weighted by Gasteiger charge is 2.30. The van der Waals surface area contributed by atoms with Crippen molar-refractivity contribution in [3.63, 3.8) is 0 Å². The summed E-state index contributed by atoms with van der Waals surface area (Å²) in [5.74, 6) is 2.20. The molecule has 1 aliphatic heterocycles. The van der Waals surface area contributed by atoms with Crippen molar-refractivity contribution in [1.29, 1.82) is 0 Å². The highest BCUT2D eigenvalue weighted by molar-refractivity contribution is 7.99. The number of aromatic nitrogens is 4. The predicted molar refractivity (Wildman–Crippen MR) is 72.7 cm³/mol. The zero-order valence-electron chi connectivity index (χ0n) is 11.8. The third-order valence-corrected chi connectivity index (χ3v) is 4.06. The molecule has 1 atom stereocenters. The van der Waals surface area contributed by atoms with Gasteiger partial charge in [0.1, 0.15) is 0 Å². The zero-order valence-corrected chi connectivity index (χ0v) is 12.6. The van der Waals surface area contributed by atoms with Gasteiger partial charge in [-0.1, -0.05) is 16.9 Å². The van der Waals surface area contributed by atoms with Crippen molar-refractivity contribution in [2.45, 2.75) is 31.4 Å². The van der Waals surface area contributed by atoms with Crippen LogP contribution in [0.2, 0.25) is 0 Å². The molecular formula is C12H15N5O3S. The van der Waals surface area contributed by atoms with Crippen LogP contribution in [0.5, 0.6) is 0 Å². The Labute approximate surface area is 125 Å². The first-order valence-corrected chi connectivity index (χ1v) is 7.61. The van der Waals surface area contributed by atoms with Crippen LogP contribution < -0.4 is 0 Å². The molecule has 1 aliphatic rings. The molecule has 0 aromatic carbocycles. The topological polar surface area (TPSA) is 98.2 Å². The molecule has 2 aromatic rings. The summed E-state index contributed by atoms with van der Waals surface area (Å²) >= 11 is 1.25. The van der Waals surface area contributed by atoms with Crippen molar-refractivity contribution in [2.75, 3.05) is 18.8 Å². The van der Waals surface area contributed by atoms with Gasteiger partial charge in [-0.05, 0) is 13.3 Å². The Kier molecular flexibility index (Phi) is 3.91. The lowest BCUT2D eigenvalue weighted by Crippen LogP contribution is -2.30. The van der Waals surface area contributed by atoms with Crippen LogP contribution >= 0.6 is 11.8 Å². The molecule has 1 amide bonds. The molecule has 21 heavy (non-hydrogen) atoms. The third kappa shape index (κ3) is 3.23. The highest BCUT2D eigenvalue weighted by Crippen LogP contribution is 2.27. The van der Waals surface area contributed by atoms with E-state index in [1.807, 2.05) is 0 Å². The summed E-state index contributed by atoms with van der Waals surface area (Å²) in [5, 5.41) is 11.8. The van der Waals surface area contributed by atoms with Crippen molar-refractivity contribution in [2.24, 2.45) is 0 Å². The number of nitrogens with zero attached hydrogens (tertiary/aromatic N) is 5. The molecule has 3 rings (SSSR count). The molecule has 0 bridgehead atoms. The fourth-order valence-corrected chi connectivity index (χ4v) is 2.93. The van der Waals surface area contributed by atoms with E-state index < -0.39 is 0 Å². The first-order chi connectivity index (χ1) is 10.1. The maximum atomic E-state index is 12.2. The number of aryl methyl sites for hydroxylation is 2. The lowest BCUT2D eigenvalue weighted by molar-refractivity contribution is -0.127. The smallest absolute Gasteiger partial charge is 0.277 e. The molecule has 0 N–H and O–H groups in total. The second-order valence-electron chi connectivity index (χ2n) is 4.88. The van der Waals surface area contributed by atoms with Crippen molar-refractivity contribution in [1.82, 2.24) is 25.2 Å². The number of rotatable bonds is 4. The molecule has 8 nitrogen and oxygen atoms in total. The Morgan fingerprint density at radius 2 is 2.29 bits per heavy atom. The van der Waals surface area contributed by atoms with E-state index in [1.54, 1.807) is 18.7 Å². The summed E-state index contributed by atoms with van der Waals surface area (Å²) in [6.45, 7) is 4.82. The number of hydrogen-bond acceptors (Lipinski definition) is 8. The number of hydrogen-bond donors (Lipinski definition) is 0. The minimum Gasteiger partial charge on any atom is -0.416 e. The number of thioether (sulfide) groups is 1. The van der Waals surface area contributed by atoms with Crippen molar-refractivity contribution >= 4 is 17.7 Å². The quantitative estimate of drug-likeness (QED) is 0.776. The molecule has 0 radical (unpaired) electrons. The number of likely N-dealkylation sites (tertiary alicyclic amines) is 1. The van der Waals surface area contributed by atoms with Crippen molar-refractivity contribution < 1.29 is 13.7 Å². The van der Waals surface area contributed by atoms with Gasteiger partial charge < -0.3 is 13.8 Å². The van der Waals surface area contributed by atoms with Gasteiger partial charge in [0.2, 0.25) is 17.7 Å². The molecule has 112 valence electrons. The van der Waals surface area contributed by atoms with Gasteiger partial charge >= 0.3 is 0 Å². The lowest BCUT2D eigenvalue weighted by Gasteiger charge is -2.14. The van der Waals surface area contributed by atoms with Crippen LogP contribution in [0.1, 0.15) is 29.9 Å². The lowest BCUT2D eigenvalue weighted by atomic mass is 10.1. The van der Waals surface area contributed by atoms with E-state index in [0.717, 1.165) is 6.42 Å². The van der Waals surface area contributed by atoms with Crippen LogP contribution in [-0.2, 0) is 4.79 Å². The maximum absolute atomic E-state index is 12.2. The summed E-state index contributed by atoms with van der Waals surface area (Å²) in [4.78, 5) is 18.2. The van der Waals surface area contributed by atoms with Crippen LogP contribution in [0.15, 0.2) is 14.2 Å². The Morgan fingerprint density at radius 3 is 2.95 bits per heavy atom. The van der Waals surface area contributed by atoms with Gasteiger partial charge in [-0.2, -0.15) is 4.98 Å². The minimum absolute atomic E-state index is 0.0505. The Hall–Kier alpha value is -1.90. The van der Waals surface area contributed by atoms with Crippen molar-refractivity contribution in [3.8, 4) is 0 Å². The third-order valence-electron chi connectivity index (χ3n) is 3.26. The molecule has 0 aliphatic carbocycles. The SMILES string of the molecule is Cc1noc([C@@H]2CCN(C(=O)CSc3nnc(C)o3)C2)n1. The minimum atomic E-state index is 0.0505. The van der Waals surface area contributed by atoms with E-state index in [2.05, 4.69) is 20.3 Å². The molecular weight excluding hydrogens is 294 g/mol. The van der Waals surface area contributed by atoms with Gasteiger partial charge in [0.05, 0.1) is 11.7 Å². The Bertz CT molecular complexity index is 640. The Morgan fingerprint density at radius 1 is 1.43 bits per heavy atom. The predicted octanol–water partition coefficient (Wildman–Crippen LogP) is 1.18. The van der Waals surface area contributed by atoms with E-state index in [-0.39, 0.29) is 17.6 Å². The molecule has 2 aromatic heterocycles. The molecule has 1 fully saturated rings. The number of amides is 1. The fourth-order valence-electron chi connectivity index (χ4n) is 2.22. The standard InChI is InChI=1S/C12H15N5O3S/c1-7-13-11(20-16-7)9-3-4-17(5-9)10(18)6-21-12-15-14-8(2)19-12/h9H,3-6H2,1-2H3/t9-/m1/s1.